The molecule has 0 aliphatic rings. The highest BCUT2D eigenvalue weighted by Gasteiger charge is 2.09. The van der Waals surface area contributed by atoms with Crippen LogP contribution in [0.25, 0.3) is 0 Å². The fraction of sp³-hybridized carbons (Fsp3) is 0.364. The van der Waals surface area contributed by atoms with E-state index < -0.39 is 6.10 Å². The Bertz CT molecular complexity index is 323. The first-order valence-corrected chi connectivity index (χ1v) is 4.58. The van der Waals surface area contributed by atoms with Crippen molar-refractivity contribution in [1.82, 2.24) is 0 Å². The van der Waals surface area contributed by atoms with Gasteiger partial charge in [0.2, 0.25) is 0 Å². The quantitative estimate of drug-likeness (QED) is 0.705. The van der Waals surface area contributed by atoms with Crippen molar-refractivity contribution < 1.29 is 9.90 Å². The van der Waals surface area contributed by atoms with Crippen LogP contribution in [0.4, 0.5) is 5.69 Å². The van der Waals surface area contributed by atoms with Crippen molar-refractivity contribution in [3.8, 4) is 0 Å². The molecule has 0 amide bonds. The van der Waals surface area contributed by atoms with E-state index in [2.05, 4.69) is 5.32 Å². The second-order valence-electron chi connectivity index (χ2n) is 3.26. The molecule has 2 N–H and O–H groups in total. The van der Waals surface area contributed by atoms with Crippen LogP contribution in [0.15, 0.2) is 18.2 Å². The molecule has 1 rings (SSSR count). The molecule has 0 aliphatic heterocycles. The molecule has 76 valence electrons. The van der Waals surface area contributed by atoms with Gasteiger partial charge in [-0.05, 0) is 24.1 Å². The van der Waals surface area contributed by atoms with Crippen molar-refractivity contribution in [2.45, 2.75) is 19.4 Å². The molecule has 0 bridgehead atoms. The summed E-state index contributed by atoms with van der Waals surface area (Å²) in [5, 5.41) is 12.3. The van der Waals surface area contributed by atoms with Crippen LogP contribution in [0, 0.1) is 6.92 Å². The summed E-state index contributed by atoms with van der Waals surface area (Å²) in [5.74, 6) is 0. The molecule has 0 spiro atoms. The number of hydrogen-bond acceptors (Lipinski definition) is 3. The van der Waals surface area contributed by atoms with E-state index in [0.29, 0.717) is 12.7 Å². The topological polar surface area (TPSA) is 49.3 Å². The Kier molecular flexibility index (Phi) is 3.65. The number of benzene rings is 1. The first-order valence-electron chi connectivity index (χ1n) is 4.58. The predicted molar refractivity (Wildman–Crippen MR) is 56.5 cm³/mol. The second-order valence-corrected chi connectivity index (χ2v) is 3.26. The molecule has 0 aromatic heterocycles. The van der Waals surface area contributed by atoms with Gasteiger partial charge in [0, 0.05) is 19.2 Å². The van der Waals surface area contributed by atoms with E-state index in [-0.39, 0.29) is 0 Å². The van der Waals surface area contributed by atoms with Crippen LogP contribution in [-0.2, 0) is 11.2 Å². The number of nitrogens with one attached hydrogen (secondary N) is 1. The maximum atomic E-state index is 10.3. The number of aliphatic hydroxyl groups excluding tert-OH is 1. The third-order valence-electron chi connectivity index (χ3n) is 2.25. The Morgan fingerprint density at radius 1 is 1.57 bits per heavy atom. The number of hydrogen-bond donors (Lipinski definition) is 2. The third-order valence-corrected chi connectivity index (χ3v) is 2.25. The third kappa shape index (κ3) is 2.33. The van der Waals surface area contributed by atoms with Gasteiger partial charge in [-0.1, -0.05) is 12.1 Å². The molecule has 3 nitrogen and oxygen atoms in total. The van der Waals surface area contributed by atoms with Gasteiger partial charge < -0.3 is 15.2 Å². The van der Waals surface area contributed by atoms with E-state index in [4.69, 9.17) is 0 Å². The summed E-state index contributed by atoms with van der Waals surface area (Å²) in [5.41, 5.74) is 3.04. The van der Waals surface area contributed by atoms with Gasteiger partial charge in [-0.3, -0.25) is 0 Å². The van der Waals surface area contributed by atoms with Gasteiger partial charge in [0.15, 0.2) is 0 Å². The van der Waals surface area contributed by atoms with Gasteiger partial charge in [0.05, 0.1) is 0 Å². The first-order chi connectivity index (χ1) is 6.69. The van der Waals surface area contributed by atoms with Crippen LogP contribution in [0.2, 0.25) is 0 Å². The van der Waals surface area contributed by atoms with Gasteiger partial charge in [-0.15, -0.1) is 0 Å². The van der Waals surface area contributed by atoms with E-state index in [1.165, 1.54) is 0 Å². The highest BCUT2D eigenvalue weighted by molar-refractivity contribution is 5.60. The van der Waals surface area contributed by atoms with E-state index in [0.717, 1.165) is 16.8 Å². The smallest absolute Gasteiger partial charge is 0.148 e. The summed E-state index contributed by atoms with van der Waals surface area (Å²) < 4.78 is 0. The SMILES string of the molecule is CNc1cccc(C)c1CC(O)C=O. The van der Waals surface area contributed by atoms with E-state index in [9.17, 15) is 9.90 Å². The van der Waals surface area contributed by atoms with Crippen molar-refractivity contribution in [3.63, 3.8) is 0 Å². The fourth-order valence-electron chi connectivity index (χ4n) is 1.46. The number of carbonyl (C=O) groups excluding carboxylic acids is 1. The maximum absolute atomic E-state index is 10.3. The number of aldehydes is 1. The van der Waals surface area contributed by atoms with Gasteiger partial charge >= 0.3 is 0 Å². The number of rotatable bonds is 4. The number of carbonyl (C=O) groups is 1. The molecule has 1 aromatic rings. The molecule has 0 saturated carbocycles. The van der Waals surface area contributed by atoms with Crippen molar-refractivity contribution in [2.75, 3.05) is 12.4 Å². The largest absolute Gasteiger partial charge is 0.388 e. The molecule has 0 heterocycles. The standard InChI is InChI=1S/C11H15NO2/c1-8-4-3-5-11(12-2)10(8)6-9(14)7-13/h3-5,7,9,12,14H,6H2,1-2H3. The van der Waals surface area contributed by atoms with Crippen molar-refractivity contribution in [3.05, 3.63) is 29.3 Å². The lowest BCUT2D eigenvalue weighted by atomic mass is 10.0. The highest BCUT2D eigenvalue weighted by Crippen LogP contribution is 2.20. The Labute approximate surface area is 83.8 Å². The normalized spacial score (nSPS) is 12.2. The van der Waals surface area contributed by atoms with Crippen LogP contribution in [0.5, 0.6) is 0 Å². The van der Waals surface area contributed by atoms with Crippen LogP contribution in [0.1, 0.15) is 11.1 Å². The molecule has 14 heavy (non-hydrogen) atoms. The van der Waals surface area contributed by atoms with E-state index in [1.807, 2.05) is 32.2 Å². The van der Waals surface area contributed by atoms with E-state index >= 15 is 0 Å². The van der Waals surface area contributed by atoms with Crippen molar-refractivity contribution >= 4 is 12.0 Å². The lowest BCUT2D eigenvalue weighted by molar-refractivity contribution is -0.114. The molecular weight excluding hydrogens is 178 g/mol. The zero-order valence-corrected chi connectivity index (χ0v) is 8.45. The number of aryl methyl sites for hydroxylation is 1. The molecule has 1 unspecified atom stereocenters. The lowest BCUT2D eigenvalue weighted by Crippen LogP contribution is -2.13. The molecule has 1 aromatic carbocycles. The summed E-state index contributed by atoms with van der Waals surface area (Å²) >= 11 is 0. The maximum Gasteiger partial charge on any atom is 0.148 e. The molecule has 1 atom stereocenters. The summed E-state index contributed by atoms with van der Waals surface area (Å²) in [6.45, 7) is 1.97. The zero-order valence-electron chi connectivity index (χ0n) is 8.45. The second kappa shape index (κ2) is 4.77. The Morgan fingerprint density at radius 3 is 2.86 bits per heavy atom. The molecule has 0 radical (unpaired) electrons. The lowest BCUT2D eigenvalue weighted by Gasteiger charge is -2.12. The molecular formula is C11H15NO2. The molecule has 3 heteroatoms. The van der Waals surface area contributed by atoms with Gasteiger partial charge in [-0.25, -0.2) is 0 Å². The number of aliphatic hydroxyl groups is 1. The van der Waals surface area contributed by atoms with Crippen LogP contribution >= 0.6 is 0 Å². The summed E-state index contributed by atoms with van der Waals surface area (Å²) in [4.78, 5) is 10.3. The van der Waals surface area contributed by atoms with Crippen molar-refractivity contribution in [2.24, 2.45) is 0 Å². The highest BCUT2D eigenvalue weighted by atomic mass is 16.3. The van der Waals surface area contributed by atoms with Gasteiger partial charge in [-0.2, -0.15) is 0 Å². The monoisotopic (exact) mass is 193 g/mol. The minimum absolute atomic E-state index is 0.367. The average Bonchev–Trinajstić information content (AvgIpc) is 2.20. The predicted octanol–water partition coefficient (Wildman–Crippen LogP) is 1.14. The summed E-state index contributed by atoms with van der Waals surface area (Å²) in [7, 11) is 1.82. The van der Waals surface area contributed by atoms with Crippen LogP contribution in [-0.4, -0.2) is 24.5 Å². The minimum atomic E-state index is -0.914. The Morgan fingerprint density at radius 2 is 2.29 bits per heavy atom. The Hall–Kier alpha value is -1.35. The number of anilines is 1. The van der Waals surface area contributed by atoms with Gasteiger partial charge in [0.1, 0.15) is 12.4 Å². The van der Waals surface area contributed by atoms with Crippen LogP contribution < -0.4 is 5.32 Å². The summed E-state index contributed by atoms with van der Waals surface area (Å²) in [6.07, 6.45) is 0.0151. The van der Waals surface area contributed by atoms with Gasteiger partial charge in [0.25, 0.3) is 0 Å². The van der Waals surface area contributed by atoms with Crippen molar-refractivity contribution in [1.29, 1.82) is 0 Å². The minimum Gasteiger partial charge on any atom is -0.388 e. The fourth-order valence-corrected chi connectivity index (χ4v) is 1.46. The average molecular weight is 193 g/mol. The van der Waals surface area contributed by atoms with E-state index in [1.54, 1.807) is 0 Å². The van der Waals surface area contributed by atoms with Crippen LogP contribution in [0.3, 0.4) is 0 Å². The molecule has 0 aliphatic carbocycles. The summed E-state index contributed by atoms with van der Waals surface area (Å²) in [6, 6.07) is 5.84. The molecule has 0 fully saturated rings. The zero-order chi connectivity index (χ0) is 10.6. The Balaban J connectivity index is 2.98. The molecule has 0 saturated heterocycles. The first kappa shape index (κ1) is 10.7.